The van der Waals surface area contributed by atoms with Crippen LogP contribution in [-0.2, 0) is 19.1 Å². The summed E-state index contributed by atoms with van der Waals surface area (Å²) in [5, 5.41) is 14.4. The van der Waals surface area contributed by atoms with Gasteiger partial charge in [0, 0.05) is 18.5 Å². The van der Waals surface area contributed by atoms with E-state index in [-0.39, 0.29) is 50.7 Å². The topological polar surface area (TPSA) is 114 Å². The first-order valence-electron chi connectivity index (χ1n) is 12.1. The normalized spacial score (nSPS) is 20.7. The van der Waals surface area contributed by atoms with Crippen LogP contribution in [0, 0.1) is 5.41 Å². The van der Waals surface area contributed by atoms with E-state index >= 15 is 0 Å². The van der Waals surface area contributed by atoms with Gasteiger partial charge in [0.1, 0.15) is 6.61 Å². The van der Waals surface area contributed by atoms with Crippen molar-refractivity contribution in [3.05, 3.63) is 59.7 Å². The van der Waals surface area contributed by atoms with Crippen molar-refractivity contribution in [2.45, 2.75) is 44.6 Å². The van der Waals surface area contributed by atoms with Gasteiger partial charge in [-0.3, -0.25) is 9.59 Å². The van der Waals surface area contributed by atoms with Crippen LogP contribution in [0.4, 0.5) is 4.79 Å². The molecule has 3 N–H and O–H groups in total. The molecule has 2 aromatic carbocycles. The van der Waals surface area contributed by atoms with Crippen LogP contribution >= 0.6 is 0 Å². The molecule has 2 aromatic rings. The van der Waals surface area contributed by atoms with Crippen molar-refractivity contribution < 1.29 is 29.0 Å². The number of rotatable bonds is 10. The van der Waals surface area contributed by atoms with Crippen LogP contribution in [-0.4, -0.2) is 55.5 Å². The summed E-state index contributed by atoms with van der Waals surface area (Å²) < 4.78 is 10.9. The van der Waals surface area contributed by atoms with E-state index in [1.807, 2.05) is 31.2 Å². The van der Waals surface area contributed by atoms with Crippen molar-refractivity contribution in [2.75, 3.05) is 26.4 Å². The number of alkyl carbamates (subject to hydrolysis) is 1. The highest BCUT2D eigenvalue weighted by Crippen LogP contribution is 2.44. The lowest BCUT2D eigenvalue weighted by atomic mass is 9.83. The zero-order valence-corrected chi connectivity index (χ0v) is 19.9. The minimum atomic E-state index is -0.922. The zero-order chi connectivity index (χ0) is 24.8. The Morgan fingerprint density at radius 3 is 2.34 bits per heavy atom. The number of hydrogen-bond donors (Lipinski definition) is 3. The highest BCUT2D eigenvalue weighted by molar-refractivity contribution is 5.84. The molecule has 8 heteroatoms. The third-order valence-electron chi connectivity index (χ3n) is 7.10. The van der Waals surface area contributed by atoms with Crippen molar-refractivity contribution in [1.82, 2.24) is 10.6 Å². The molecule has 2 atom stereocenters. The summed E-state index contributed by atoms with van der Waals surface area (Å²) in [5.41, 5.74) is 3.90. The Morgan fingerprint density at radius 2 is 1.69 bits per heavy atom. The van der Waals surface area contributed by atoms with Gasteiger partial charge in [0.05, 0.1) is 25.0 Å². The van der Waals surface area contributed by atoms with Crippen molar-refractivity contribution in [2.24, 2.45) is 5.41 Å². The van der Waals surface area contributed by atoms with Gasteiger partial charge in [-0.05, 0) is 42.0 Å². The van der Waals surface area contributed by atoms with Gasteiger partial charge in [0.25, 0.3) is 0 Å². The molecule has 4 rings (SSSR count). The van der Waals surface area contributed by atoms with E-state index in [0.29, 0.717) is 12.8 Å². The smallest absolute Gasteiger partial charge is 0.407 e. The number of hydrogen-bond acceptors (Lipinski definition) is 5. The number of carboxylic acids is 1. The van der Waals surface area contributed by atoms with E-state index in [0.717, 1.165) is 17.5 Å². The Labute approximate surface area is 205 Å². The van der Waals surface area contributed by atoms with Gasteiger partial charge in [0.2, 0.25) is 5.91 Å². The maximum absolute atomic E-state index is 12.9. The average molecular weight is 481 g/mol. The lowest BCUT2D eigenvalue weighted by Crippen LogP contribution is -2.51. The number of nitrogens with one attached hydrogen (secondary N) is 2. The highest BCUT2D eigenvalue weighted by atomic mass is 16.5. The van der Waals surface area contributed by atoms with Gasteiger partial charge in [-0.1, -0.05) is 55.0 Å². The van der Waals surface area contributed by atoms with Crippen LogP contribution in [0.2, 0.25) is 0 Å². The lowest BCUT2D eigenvalue weighted by molar-refractivity contribution is -0.138. The van der Waals surface area contributed by atoms with E-state index in [4.69, 9.17) is 14.6 Å². The summed E-state index contributed by atoms with van der Waals surface area (Å²) in [6.45, 7) is 2.71. The van der Waals surface area contributed by atoms with E-state index in [9.17, 15) is 14.4 Å². The third kappa shape index (κ3) is 5.48. The molecular weight excluding hydrogens is 448 g/mol. The largest absolute Gasteiger partial charge is 0.481 e. The highest BCUT2D eigenvalue weighted by Gasteiger charge is 2.46. The number of amides is 2. The standard InChI is InChI=1S/C27H32N2O6/c1-27(25(32)28-14-16-34-15-12-24(30)31)13-6-11-23(27)29-26(33)35-17-22-20-9-4-2-7-18(20)19-8-3-5-10-21(19)22/h2-5,7-10,22-23H,6,11-17H2,1H3,(H,28,32)(H,29,33)(H,30,31). The van der Waals surface area contributed by atoms with E-state index in [1.165, 1.54) is 11.1 Å². The summed E-state index contributed by atoms with van der Waals surface area (Å²) in [5.74, 6) is -1.09. The zero-order valence-electron chi connectivity index (χ0n) is 19.9. The summed E-state index contributed by atoms with van der Waals surface area (Å²) >= 11 is 0. The number of ether oxygens (including phenoxy) is 2. The summed E-state index contributed by atoms with van der Waals surface area (Å²) in [7, 11) is 0. The van der Waals surface area contributed by atoms with Gasteiger partial charge in [-0.2, -0.15) is 0 Å². The Kier molecular flexibility index (Phi) is 7.70. The summed E-state index contributed by atoms with van der Waals surface area (Å²) in [4.78, 5) is 36.1. The molecule has 2 aliphatic rings. The van der Waals surface area contributed by atoms with Gasteiger partial charge in [-0.25, -0.2) is 4.79 Å². The van der Waals surface area contributed by atoms with Crippen molar-refractivity contribution in [3.8, 4) is 11.1 Å². The first-order valence-corrected chi connectivity index (χ1v) is 12.1. The third-order valence-corrected chi connectivity index (χ3v) is 7.10. The minimum Gasteiger partial charge on any atom is -0.481 e. The molecule has 2 amide bonds. The van der Waals surface area contributed by atoms with E-state index in [1.54, 1.807) is 0 Å². The fourth-order valence-electron chi connectivity index (χ4n) is 5.15. The number of carbonyl (C=O) groups excluding carboxylic acids is 2. The number of aliphatic carboxylic acids is 1. The van der Waals surface area contributed by atoms with Crippen molar-refractivity contribution in [3.63, 3.8) is 0 Å². The molecule has 0 heterocycles. The molecule has 1 fully saturated rings. The van der Waals surface area contributed by atoms with Gasteiger partial charge in [-0.15, -0.1) is 0 Å². The second-order valence-electron chi connectivity index (χ2n) is 9.34. The molecule has 2 unspecified atom stereocenters. The number of benzene rings is 2. The predicted octanol–water partition coefficient (Wildman–Crippen LogP) is 3.69. The molecule has 0 aromatic heterocycles. The minimum absolute atomic E-state index is 0.0208. The Bertz CT molecular complexity index is 1040. The molecule has 1 saturated carbocycles. The molecule has 0 saturated heterocycles. The number of carboxylic acid groups (broad SMARTS) is 1. The van der Waals surface area contributed by atoms with Crippen LogP contribution < -0.4 is 10.6 Å². The molecule has 2 aliphatic carbocycles. The number of fused-ring (bicyclic) bond motifs is 3. The first-order chi connectivity index (χ1) is 16.9. The van der Waals surface area contributed by atoms with Crippen LogP contribution in [0.15, 0.2) is 48.5 Å². The first kappa shape index (κ1) is 24.7. The molecule has 0 radical (unpaired) electrons. The Hall–Kier alpha value is -3.39. The molecular formula is C27H32N2O6. The average Bonchev–Trinajstić information content (AvgIpc) is 3.38. The fraction of sp³-hybridized carbons (Fsp3) is 0.444. The maximum Gasteiger partial charge on any atom is 0.407 e. The SMILES string of the molecule is CC1(C(=O)NCCOCCC(=O)O)CCCC1NC(=O)OCC1c2ccccc2-c2ccccc21. The van der Waals surface area contributed by atoms with Gasteiger partial charge < -0.3 is 25.2 Å². The molecule has 0 aliphatic heterocycles. The Balaban J connectivity index is 1.29. The summed E-state index contributed by atoms with van der Waals surface area (Å²) in [6.07, 6.45) is 1.59. The van der Waals surface area contributed by atoms with E-state index < -0.39 is 17.5 Å². The maximum atomic E-state index is 12.9. The molecule has 0 bridgehead atoms. The number of carbonyl (C=O) groups is 3. The molecule has 0 spiro atoms. The van der Waals surface area contributed by atoms with Crippen LogP contribution in [0.25, 0.3) is 11.1 Å². The van der Waals surface area contributed by atoms with Gasteiger partial charge in [0.15, 0.2) is 0 Å². The second kappa shape index (κ2) is 10.9. The molecule has 186 valence electrons. The summed E-state index contributed by atoms with van der Waals surface area (Å²) in [6, 6.07) is 16.0. The monoisotopic (exact) mass is 480 g/mol. The molecule has 8 nitrogen and oxygen atoms in total. The quantitative estimate of drug-likeness (QED) is 0.447. The predicted molar refractivity (Wildman–Crippen MR) is 130 cm³/mol. The molecule has 35 heavy (non-hydrogen) atoms. The van der Waals surface area contributed by atoms with Crippen LogP contribution in [0.1, 0.15) is 49.7 Å². The van der Waals surface area contributed by atoms with Crippen molar-refractivity contribution in [1.29, 1.82) is 0 Å². The van der Waals surface area contributed by atoms with Crippen molar-refractivity contribution >= 4 is 18.0 Å². The van der Waals surface area contributed by atoms with Gasteiger partial charge >= 0.3 is 12.1 Å². The fourth-order valence-corrected chi connectivity index (χ4v) is 5.15. The lowest BCUT2D eigenvalue weighted by Gasteiger charge is -2.30. The van der Waals surface area contributed by atoms with Crippen LogP contribution in [0.5, 0.6) is 0 Å². The van der Waals surface area contributed by atoms with Crippen LogP contribution in [0.3, 0.4) is 0 Å². The van der Waals surface area contributed by atoms with E-state index in [2.05, 4.69) is 34.9 Å². The Morgan fingerprint density at radius 1 is 1.03 bits per heavy atom. The second-order valence-corrected chi connectivity index (χ2v) is 9.34.